The number of ether oxygens (including phenoxy) is 1. The van der Waals surface area contributed by atoms with Crippen LogP contribution in [0.3, 0.4) is 0 Å². The molecule has 0 aliphatic heterocycles. The monoisotopic (exact) mass is 644 g/mol. The average Bonchev–Trinajstić information content (AvgIpc) is 3.52. The lowest BCUT2D eigenvalue weighted by Crippen LogP contribution is -2.23. The van der Waals surface area contributed by atoms with E-state index in [1.165, 1.54) is 22.9 Å². The van der Waals surface area contributed by atoms with Gasteiger partial charge in [-0.3, -0.25) is 4.79 Å². The van der Waals surface area contributed by atoms with Crippen molar-refractivity contribution < 1.29 is 31.7 Å². The second-order valence-corrected chi connectivity index (χ2v) is 12.7. The Bertz CT molecular complexity index is 2190. The number of benzene rings is 3. The van der Waals surface area contributed by atoms with Crippen molar-refractivity contribution in [1.82, 2.24) is 19.7 Å². The number of nitrogens with one attached hydrogen (secondary N) is 1. The number of hydrogen-bond acceptors (Lipinski definition) is 8. The van der Waals surface area contributed by atoms with Crippen LogP contribution in [-0.4, -0.2) is 33.9 Å². The third kappa shape index (κ3) is 6.90. The topological polar surface area (TPSA) is 131 Å². The van der Waals surface area contributed by atoms with Gasteiger partial charge in [0.05, 0.1) is 30.7 Å². The Hall–Kier alpha value is -5.14. The van der Waals surface area contributed by atoms with Crippen LogP contribution >= 0.6 is 0 Å². The molecule has 234 valence electrons. The van der Waals surface area contributed by atoms with E-state index >= 15 is 0 Å². The van der Waals surface area contributed by atoms with Gasteiger partial charge in [-0.15, -0.1) is 0 Å². The molecule has 46 heavy (non-hydrogen) atoms. The molecule has 0 aliphatic rings. The lowest BCUT2D eigenvalue weighted by Gasteiger charge is -2.19. The molecule has 13 heteroatoms. The van der Waals surface area contributed by atoms with E-state index in [2.05, 4.69) is 20.3 Å². The van der Waals surface area contributed by atoms with E-state index in [1.807, 2.05) is 30.3 Å². The van der Waals surface area contributed by atoms with Crippen molar-refractivity contribution in [3.8, 4) is 11.3 Å². The third-order valence-electron chi connectivity index (χ3n) is 7.38. The van der Waals surface area contributed by atoms with Crippen molar-refractivity contribution in [1.29, 1.82) is 0 Å². The highest BCUT2D eigenvalue weighted by Crippen LogP contribution is 2.26. The third-order valence-corrected chi connectivity index (χ3v) is 8.89. The van der Waals surface area contributed by atoms with Crippen LogP contribution in [0.1, 0.15) is 34.9 Å². The van der Waals surface area contributed by atoms with E-state index in [-0.39, 0.29) is 36.6 Å². The number of nitrogens with zero attached hydrogens (tertiary/aromatic N) is 4. The molecule has 0 aliphatic carbocycles. The van der Waals surface area contributed by atoms with Gasteiger partial charge in [0, 0.05) is 29.1 Å². The van der Waals surface area contributed by atoms with Crippen molar-refractivity contribution in [2.75, 3.05) is 5.75 Å². The largest absolute Gasteiger partial charge is 0.369 e. The minimum absolute atomic E-state index is 0.0232. The summed E-state index contributed by atoms with van der Waals surface area (Å²) in [4.78, 5) is 21.1. The number of aryl methyl sites for hydroxylation is 1. The molecular weight excluding hydrogens is 616 g/mol. The van der Waals surface area contributed by atoms with Crippen LogP contribution in [0.4, 0.5) is 8.78 Å². The summed E-state index contributed by atoms with van der Waals surface area (Å²) >= 11 is 0. The second kappa shape index (κ2) is 13.1. The lowest BCUT2D eigenvalue weighted by molar-refractivity contribution is -0.601. The summed E-state index contributed by atoms with van der Waals surface area (Å²) < 4.78 is 68.3. The molecule has 0 bridgehead atoms. The molecular formula is C33H28F2N5O5S+. The average molecular weight is 645 g/mol. The maximum atomic E-state index is 14.9. The smallest absolute Gasteiger partial charge is 0.286 e. The fourth-order valence-corrected chi connectivity index (χ4v) is 6.24. The SMILES string of the molecule is Cc1cc(-c2cc(F)c(=O)n(Cc3ccc4[nH+]onc4c3)c2)nc(S(=O)(=O)CCC(OCc2ccccc2F)c2ccccc2)n1. The van der Waals surface area contributed by atoms with Crippen LogP contribution in [0.15, 0.2) is 106 Å². The van der Waals surface area contributed by atoms with E-state index in [0.29, 0.717) is 27.9 Å². The van der Waals surface area contributed by atoms with Gasteiger partial charge < -0.3 is 9.30 Å². The van der Waals surface area contributed by atoms with Gasteiger partial charge in [-0.1, -0.05) is 64.4 Å². The predicted octanol–water partition coefficient (Wildman–Crippen LogP) is 5.02. The van der Waals surface area contributed by atoms with Crippen molar-refractivity contribution in [3.63, 3.8) is 0 Å². The number of rotatable bonds is 11. The van der Waals surface area contributed by atoms with Crippen molar-refractivity contribution in [2.45, 2.75) is 37.8 Å². The summed E-state index contributed by atoms with van der Waals surface area (Å²) in [5.74, 6) is -1.81. The molecule has 6 rings (SSSR count). The number of hydrogen-bond donors (Lipinski definition) is 0. The lowest BCUT2D eigenvalue weighted by atomic mass is 10.1. The van der Waals surface area contributed by atoms with Gasteiger partial charge in [-0.25, -0.2) is 27.2 Å². The first-order chi connectivity index (χ1) is 22.2. The highest BCUT2D eigenvalue weighted by Gasteiger charge is 2.24. The molecule has 1 unspecified atom stereocenters. The molecule has 0 saturated carbocycles. The van der Waals surface area contributed by atoms with E-state index in [1.54, 1.807) is 43.3 Å². The maximum absolute atomic E-state index is 14.9. The molecule has 1 atom stereocenters. The van der Waals surface area contributed by atoms with E-state index in [4.69, 9.17) is 9.37 Å². The molecule has 10 nitrogen and oxygen atoms in total. The van der Waals surface area contributed by atoms with Crippen molar-refractivity contribution >= 4 is 20.9 Å². The van der Waals surface area contributed by atoms with Gasteiger partial charge in [0.2, 0.25) is 20.5 Å². The zero-order chi connectivity index (χ0) is 32.3. The summed E-state index contributed by atoms with van der Waals surface area (Å²) in [5.41, 5.74) is 2.77. The molecule has 1 N–H and O–H groups in total. The Kier molecular flexibility index (Phi) is 8.77. The summed E-state index contributed by atoms with van der Waals surface area (Å²) in [7, 11) is -4.06. The Labute approximate surface area is 262 Å². The number of sulfone groups is 1. The number of fused-ring (bicyclic) bond motifs is 1. The van der Waals surface area contributed by atoms with E-state index in [0.717, 1.165) is 11.6 Å². The van der Waals surface area contributed by atoms with E-state index < -0.39 is 38.3 Å². The molecule has 0 saturated heterocycles. The number of halogens is 2. The first kappa shape index (κ1) is 30.9. The van der Waals surface area contributed by atoms with Gasteiger partial charge in [-0.2, -0.15) is 0 Å². The van der Waals surface area contributed by atoms with Crippen molar-refractivity contribution in [2.24, 2.45) is 0 Å². The normalized spacial score (nSPS) is 12.4. The van der Waals surface area contributed by atoms with Crippen LogP contribution < -0.4 is 10.7 Å². The van der Waals surface area contributed by atoms with Gasteiger partial charge in [-0.05, 0) is 48.7 Å². The molecule has 3 heterocycles. The fourth-order valence-electron chi connectivity index (χ4n) is 5.01. The highest BCUT2D eigenvalue weighted by molar-refractivity contribution is 7.91. The van der Waals surface area contributed by atoms with Gasteiger partial charge in [0.1, 0.15) is 5.82 Å². The number of H-pyrrole nitrogens is 1. The van der Waals surface area contributed by atoms with E-state index in [9.17, 15) is 22.0 Å². The number of aromatic amines is 1. The van der Waals surface area contributed by atoms with Gasteiger partial charge >= 0.3 is 0 Å². The van der Waals surface area contributed by atoms with Crippen LogP contribution in [-0.2, 0) is 27.7 Å². The maximum Gasteiger partial charge on any atom is 0.286 e. The Balaban J connectivity index is 1.25. The second-order valence-electron chi connectivity index (χ2n) is 10.7. The zero-order valence-electron chi connectivity index (χ0n) is 24.6. The first-order valence-electron chi connectivity index (χ1n) is 14.3. The summed E-state index contributed by atoms with van der Waals surface area (Å²) in [6.07, 6.45) is 0.803. The minimum atomic E-state index is -4.06. The first-order valence-corrected chi connectivity index (χ1v) is 16.0. The molecule has 0 radical (unpaired) electrons. The van der Waals surface area contributed by atoms with Crippen LogP contribution in [0.5, 0.6) is 0 Å². The Morgan fingerprint density at radius 3 is 2.54 bits per heavy atom. The molecule has 3 aromatic heterocycles. The van der Waals surface area contributed by atoms with Gasteiger partial charge in [0.25, 0.3) is 11.1 Å². The molecule has 0 fully saturated rings. The summed E-state index contributed by atoms with van der Waals surface area (Å²) in [6, 6.07) is 23.0. The van der Waals surface area contributed by atoms with Crippen molar-refractivity contribution in [3.05, 3.63) is 135 Å². The summed E-state index contributed by atoms with van der Waals surface area (Å²) in [6.45, 7) is 1.57. The number of pyridine rings is 1. The Morgan fingerprint density at radius 2 is 1.74 bits per heavy atom. The van der Waals surface area contributed by atoms with Crippen LogP contribution in [0.2, 0.25) is 0 Å². The molecule has 0 spiro atoms. The minimum Gasteiger partial charge on any atom is -0.369 e. The fraction of sp³-hybridized carbons (Fsp3) is 0.182. The quantitative estimate of drug-likeness (QED) is 0.180. The molecule has 3 aromatic carbocycles. The van der Waals surface area contributed by atoms with Crippen LogP contribution in [0, 0.1) is 18.6 Å². The zero-order valence-corrected chi connectivity index (χ0v) is 25.4. The summed E-state index contributed by atoms with van der Waals surface area (Å²) in [5, 5.41) is 6.04. The molecule has 0 amide bonds. The highest BCUT2D eigenvalue weighted by atomic mass is 32.2. The molecule has 6 aromatic rings. The number of aromatic nitrogens is 5. The van der Waals surface area contributed by atoms with Gasteiger partial charge in [0.15, 0.2) is 11.0 Å². The Morgan fingerprint density at radius 1 is 0.957 bits per heavy atom. The standard InChI is InChI=1S/C33H27F2N5O5S/c1-21-15-29(25-17-27(35)32(41)40(19-25)18-22-11-12-28-30(16-22)39-45-38-28)37-33(36-21)46(42,43)14-13-31(23-7-3-2-4-8-23)44-20-24-9-5-6-10-26(24)34/h2-12,15-17,19,31H,13-14,18,20H2,1H3/p+1. The van der Waals surface area contributed by atoms with Crippen LogP contribution in [0.25, 0.3) is 22.3 Å². The predicted molar refractivity (Wildman–Crippen MR) is 163 cm³/mol.